The van der Waals surface area contributed by atoms with E-state index in [0.29, 0.717) is 0 Å². The Morgan fingerprint density at radius 3 is 2.94 bits per heavy atom. The molecule has 0 fully saturated rings. The molecule has 0 amide bonds. The van der Waals surface area contributed by atoms with Crippen LogP contribution in [0.2, 0.25) is 0 Å². The van der Waals surface area contributed by atoms with Gasteiger partial charge in [0.2, 0.25) is 0 Å². The molecule has 0 bridgehead atoms. The molecule has 1 aromatic heterocycles. The molecule has 3 nitrogen and oxygen atoms in total. The first-order valence-corrected chi connectivity index (χ1v) is 7.99. The van der Waals surface area contributed by atoms with E-state index in [-0.39, 0.29) is 0 Å². The van der Waals surface area contributed by atoms with Gasteiger partial charge in [-0.15, -0.1) is 11.3 Å². The number of thiophene rings is 1. The minimum absolute atomic E-state index is 0.815. The van der Waals surface area contributed by atoms with E-state index in [9.17, 15) is 0 Å². The SMILES string of the molecule is CN=C(NCCSC)NCc1cc(Br)cs1. The first kappa shape index (κ1) is 13.9. The molecule has 1 rings (SSSR count). The van der Waals surface area contributed by atoms with Crippen molar-refractivity contribution in [1.82, 2.24) is 10.6 Å². The topological polar surface area (TPSA) is 36.4 Å². The van der Waals surface area contributed by atoms with Crippen LogP contribution in [0.1, 0.15) is 4.88 Å². The van der Waals surface area contributed by atoms with E-state index in [4.69, 9.17) is 0 Å². The normalized spacial score (nSPS) is 11.6. The molecule has 0 saturated carbocycles. The number of hydrogen-bond donors (Lipinski definition) is 2. The molecule has 16 heavy (non-hydrogen) atoms. The summed E-state index contributed by atoms with van der Waals surface area (Å²) in [6, 6.07) is 2.12. The molecule has 2 N–H and O–H groups in total. The maximum atomic E-state index is 4.16. The van der Waals surface area contributed by atoms with Gasteiger partial charge >= 0.3 is 0 Å². The van der Waals surface area contributed by atoms with Crippen molar-refractivity contribution in [3.8, 4) is 0 Å². The number of nitrogens with one attached hydrogen (secondary N) is 2. The van der Waals surface area contributed by atoms with Crippen LogP contribution >= 0.6 is 39.0 Å². The lowest BCUT2D eigenvalue weighted by Crippen LogP contribution is -2.37. The Morgan fingerprint density at radius 1 is 1.56 bits per heavy atom. The summed E-state index contributed by atoms with van der Waals surface area (Å²) in [5.41, 5.74) is 0. The number of nitrogens with zero attached hydrogens (tertiary/aromatic N) is 1. The van der Waals surface area contributed by atoms with Crippen molar-refractivity contribution in [3.63, 3.8) is 0 Å². The largest absolute Gasteiger partial charge is 0.356 e. The van der Waals surface area contributed by atoms with Gasteiger partial charge in [-0.05, 0) is 28.3 Å². The van der Waals surface area contributed by atoms with E-state index < -0.39 is 0 Å². The zero-order valence-corrected chi connectivity index (χ0v) is 12.6. The van der Waals surface area contributed by atoms with Crippen molar-refractivity contribution in [2.45, 2.75) is 6.54 Å². The van der Waals surface area contributed by atoms with Crippen LogP contribution in [-0.2, 0) is 6.54 Å². The molecule has 90 valence electrons. The summed E-state index contributed by atoms with van der Waals surface area (Å²) in [7, 11) is 1.79. The fourth-order valence-electron chi connectivity index (χ4n) is 1.11. The second-order valence-corrected chi connectivity index (χ2v) is 5.97. The van der Waals surface area contributed by atoms with Gasteiger partial charge in [0, 0.05) is 34.1 Å². The number of aliphatic imine (C=N–C) groups is 1. The quantitative estimate of drug-likeness (QED) is 0.497. The average Bonchev–Trinajstić information content (AvgIpc) is 2.69. The number of rotatable bonds is 5. The highest BCUT2D eigenvalue weighted by Gasteiger charge is 1.99. The van der Waals surface area contributed by atoms with Crippen LogP contribution in [0.5, 0.6) is 0 Å². The number of guanidine groups is 1. The number of thioether (sulfide) groups is 1. The molecule has 0 unspecified atom stereocenters. The van der Waals surface area contributed by atoms with Gasteiger partial charge in [-0.1, -0.05) is 0 Å². The van der Waals surface area contributed by atoms with Crippen LogP contribution in [0.25, 0.3) is 0 Å². The van der Waals surface area contributed by atoms with Crippen LogP contribution in [0.3, 0.4) is 0 Å². The summed E-state index contributed by atoms with van der Waals surface area (Å²) in [6.45, 7) is 1.75. The molecule has 0 aliphatic heterocycles. The zero-order valence-electron chi connectivity index (χ0n) is 9.42. The number of halogens is 1. The third kappa shape index (κ3) is 5.23. The van der Waals surface area contributed by atoms with Gasteiger partial charge in [0.1, 0.15) is 0 Å². The molecule has 0 saturated heterocycles. The van der Waals surface area contributed by atoms with E-state index in [2.05, 4.69) is 49.3 Å². The first-order valence-electron chi connectivity index (χ1n) is 4.92. The Labute approximate surface area is 113 Å². The van der Waals surface area contributed by atoms with Gasteiger partial charge in [-0.2, -0.15) is 11.8 Å². The van der Waals surface area contributed by atoms with Crippen LogP contribution in [-0.4, -0.2) is 31.6 Å². The van der Waals surface area contributed by atoms with Gasteiger partial charge in [0.25, 0.3) is 0 Å². The highest BCUT2D eigenvalue weighted by molar-refractivity contribution is 9.10. The summed E-state index contributed by atoms with van der Waals surface area (Å²) < 4.78 is 1.14. The lowest BCUT2D eigenvalue weighted by molar-refractivity contribution is 0.841. The van der Waals surface area contributed by atoms with Crippen molar-refractivity contribution in [2.75, 3.05) is 25.6 Å². The molecule has 0 aromatic carbocycles. The molecule has 0 spiro atoms. The van der Waals surface area contributed by atoms with Crippen LogP contribution < -0.4 is 10.6 Å². The van der Waals surface area contributed by atoms with Gasteiger partial charge in [-0.25, -0.2) is 0 Å². The average molecular weight is 322 g/mol. The molecule has 6 heteroatoms. The molecule has 0 aliphatic rings. The smallest absolute Gasteiger partial charge is 0.191 e. The van der Waals surface area contributed by atoms with Crippen LogP contribution in [0, 0.1) is 0 Å². The van der Waals surface area contributed by atoms with E-state index in [1.807, 2.05) is 11.8 Å². The summed E-state index contributed by atoms with van der Waals surface area (Å²) in [5.74, 6) is 1.95. The molecule has 0 aliphatic carbocycles. The van der Waals surface area contributed by atoms with Crippen molar-refractivity contribution < 1.29 is 0 Å². The summed E-state index contributed by atoms with van der Waals surface area (Å²) >= 11 is 7.00. The van der Waals surface area contributed by atoms with E-state index >= 15 is 0 Å². The minimum Gasteiger partial charge on any atom is -0.356 e. The minimum atomic E-state index is 0.815. The predicted molar refractivity (Wildman–Crippen MR) is 78.6 cm³/mol. The fourth-order valence-corrected chi connectivity index (χ4v) is 2.81. The Morgan fingerprint density at radius 2 is 2.38 bits per heavy atom. The van der Waals surface area contributed by atoms with Crippen molar-refractivity contribution in [2.24, 2.45) is 4.99 Å². The lowest BCUT2D eigenvalue weighted by atomic mass is 10.5. The van der Waals surface area contributed by atoms with Gasteiger partial charge < -0.3 is 10.6 Å². The van der Waals surface area contributed by atoms with Gasteiger partial charge in [-0.3, -0.25) is 4.99 Å². The van der Waals surface area contributed by atoms with Crippen molar-refractivity contribution >= 4 is 45.0 Å². The molecular formula is C10H16BrN3S2. The van der Waals surface area contributed by atoms with E-state index in [0.717, 1.165) is 29.3 Å². The highest BCUT2D eigenvalue weighted by Crippen LogP contribution is 2.19. The third-order valence-electron chi connectivity index (χ3n) is 1.87. The monoisotopic (exact) mass is 321 g/mol. The molecule has 0 atom stereocenters. The van der Waals surface area contributed by atoms with E-state index in [1.165, 1.54) is 4.88 Å². The highest BCUT2D eigenvalue weighted by atomic mass is 79.9. The molecule has 0 radical (unpaired) electrons. The van der Waals surface area contributed by atoms with Crippen LogP contribution in [0.15, 0.2) is 20.9 Å². The lowest BCUT2D eigenvalue weighted by Gasteiger charge is -2.10. The third-order valence-corrected chi connectivity index (χ3v) is 4.18. The van der Waals surface area contributed by atoms with Gasteiger partial charge in [0.15, 0.2) is 5.96 Å². The summed E-state index contributed by atoms with van der Waals surface area (Å²) in [5, 5.41) is 8.62. The summed E-state index contributed by atoms with van der Waals surface area (Å²) in [4.78, 5) is 5.45. The number of hydrogen-bond acceptors (Lipinski definition) is 3. The maximum Gasteiger partial charge on any atom is 0.191 e. The second kappa shape index (κ2) is 7.97. The fraction of sp³-hybridized carbons (Fsp3) is 0.500. The second-order valence-electron chi connectivity index (χ2n) is 3.08. The Kier molecular flexibility index (Phi) is 6.91. The first-order chi connectivity index (χ1) is 7.76. The zero-order chi connectivity index (χ0) is 11.8. The van der Waals surface area contributed by atoms with Crippen molar-refractivity contribution in [1.29, 1.82) is 0 Å². The Hall–Kier alpha value is -0.200. The standard InChI is InChI=1S/C10H16BrN3S2/c1-12-10(13-3-4-15-2)14-6-9-5-8(11)7-16-9/h5,7H,3-4,6H2,1-2H3,(H2,12,13,14). The summed E-state index contributed by atoms with van der Waals surface area (Å²) in [6.07, 6.45) is 2.10. The van der Waals surface area contributed by atoms with Crippen LogP contribution in [0.4, 0.5) is 0 Å². The molecule has 1 aromatic rings. The Bertz CT molecular complexity index is 339. The van der Waals surface area contributed by atoms with Crippen molar-refractivity contribution in [3.05, 3.63) is 20.8 Å². The predicted octanol–water partition coefficient (Wildman–Crippen LogP) is 2.54. The van der Waals surface area contributed by atoms with E-state index in [1.54, 1.807) is 18.4 Å². The molecular weight excluding hydrogens is 306 g/mol. The van der Waals surface area contributed by atoms with Gasteiger partial charge in [0.05, 0.1) is 6.54 Å². The Balaban J connectivity index is 2.29. The molecule has 1 heterocycles. The maximum absolute atomic E-state index is 4.16.